The predicted molar refractivity (Wildman–Crippen MR) is 162 cm³/mol. The van der Waals surface area contributed by atoms with Gasteiger partial charge in [-0.05, 0) is 70.4 Å². The van der Waals surface area contributed by atoms with Crippen molar-refractivity contribution in [2.24, 2.45) is 5.92 Å². The Kier molecular flexibility index (Phi) is 12.2. The molecule has 0 aromatic heterocycles. The molecule has 0 spiro atoms. The van der Waals surface area contributed by atoms with Crippen LogP contribution in [0.25, 0.3) is 0 Å². The molecule has 2 aliphatic carbocycles. The van der Waals surface area contributed by atoms with E-state index in [2.05, 4.69) is 81.6 Å². The molecule has 0 fully saturated rings. The van der Waals surface area contributed by atoms with Crippen LogP contribution in [0.4, 0.5) is 4.79 Å². The summed E-state index contributed by atoms with van der Waals surface area (Å²) in [5.74, 6) is 0.512. The summed E-state index contributed by atoms with van der Waals surface area (Å²) in [7, 11) is 0. The molecule has 0 aliphatic heterocycles. The van der Waals surface area contributed by atoms with Gasteiger partial charge in [0.2, 0.25) is 0 Å². The molecule has 6 heteroatoms. The molecular weight excluding hydrogens is 506 g/mol. The number of carbonyl (C=O) groups is 2. The average Bonchev–Trinajstić information content (AvgIpc) is 3.22. The first-order chi connectivity index (χ1) is 18.8. The Bertz CT molecular complexity index is 1140. The number of fused-ring (bicyclic) bond motifs is 3. The third kappa shape index (κ3) is 9.61. The molecule has 5 nitrogen and oxygen atoms in total. The van der Waals surface area contributed by atoms with Crippen molar-refractivity contribution in [1.29, 1.82) is 0 Å². The molecular formula is C33H43NO4S. The van der Waals surface area contributed by atoms with Gasteiger partial charge in [0.1, 0.15) is 12.6 Å². The van der Waals surface area contributed by atoms with Gasteiger partial charge in [-0.25, -0.2) is 9.59 Å². The Labute approximate surface area is 238 Å². The van der Waals surface area contributed by atoms with Crippen molar-refractivity contribution in [2.45, 2.75) is 71.3 Å². The number of hydrogen-bond acceptors (Lipinski definition) is 4. The Hall–Kier alpha value is -2.99. The number of carbonyl (C=O) groups excluding carboxylic acids is 1. The van der Waals surface area contributed by atoms with Crippen molar-refractivity contribution >= 4 is 23.8 Å². The minimum atomic E-state index is -1.06. The molecule has 0 bridgehead atoms. The van der Waals surface area contributed by atoms with Gasteiger partial charge >= 0.3 is 12.1 Å². The molecule has 1 aromatic carbocycles. The number of aliphatic carboxylic acids is 1. The molecule has 0 saturated carbocycles. The first kappa shape index (κ1) is 30.6. The van der Waals surface area contributed by atoms with Crippen LogP contribution < -0.4 is 5.32 Å². The van der Waals surface area contributed by atoms with Crippen LogP contribution in [0.2, 0.25) is 0 Å². The zero-order valence-electron chi connectivity index (χ0n) is 23.7. The standard InChI is InChI=1S/C33H43NO4S/c1-23(2)11-9-12-24(3)13-10-14-25(4)19-20-39-22-31(32(35)36)34-33(37)38-21-30-28-17-7-5-15-26(28)27-16-6-8-18-29(27)30/h5-8,11,13,15-19,26,28,30-31H,9-10,12,14,20-22H2,1-4H3,(H,34,37)(H,35,36)/b24-13+,25-19+. The van der Waals surface area contributed by atoms with E-state index in [0.29, 0.717) is 5.75 Å². The SMILES string of the molecule is CC(C)=CCC/C(C)=C/CC/C(C)=C/CSCC(NC(=O)OCC1c2ccccc2C2C=CC=CC21)C(=O)O. The van der Waals surface area contributed by atoms with Crippen LogP contribution in [0.1, 0.15) is 76.3 Å². The Morgan fingerprint density at radius 1 is 0.974 bits per heavy atom. The Morgan fingerprint density at radius 2 is 1.64 bits per heavy atom. The van der Waals surface area contributed by atoms with Crippen molar-refractivity contribution in [3.63, 3.8) is 0 Å². The van der Waals surface area contributed by atoms with Crippen LogP contribution in [0.5, 0.6) is 0 Å². The largest absolute Gasteiger partial charge is 0.480 e. The molecule has 2 N–H and O–H groups in total. The lowest BCUT2D eigenvalue weighted by molar-refractivity contribution is -0.138. The maximum atomic E-state index is 12.5. The molecule has 4 atom stereocenters. The third-order valence-electron chi connectivity index (χ3n) is 7.34. The maximum absolute atomic E-state index is 12.5. The summed E-state index contributed by atoms with van der Waals surface area (Å²) in [6.45, 7) is 8.77. The number of allylic oxidation sites excluding steroid dienone is 9. The lowest BCUT2D eigenvalue weighted by atomic mass is 9.84. The van der Waals surface area contributed by atoms with E-state index in [1.165, 1.54) is 39.6 Å². The summed E-state index contributed by atoms with van der Waals surface area (Å²) >= 11 is 1.50. The van der Waals surface area contributed by atoms with Crippen molar-refractivity contribution in [2.75, 3.05) is 18.1 Å². The normalized spacial score (nSPS) is 20.7. The van der Waals surface area contributed by atoms with Gasteiger partial charge in [0.05, 0.1) is 0 Å². The second-order valence-corrected chi connectivity index (χ2v) is 11.8. The molecule has 0 heterocycles. The van der Waals surface area contributed by atoms with E-state index in [1.54, 1.807) is 0 Å². The van der Waals surface area contributed by atoms with Gasteiger partial charge < -0.3 is 15.2 Å². The molecule has 1 aromatic rings. The van der Waals surface area contributed by atoms with Crippen LogP contribution >= 0.6 is 11.8 Å². The van der Waals surface area contributed by atoms with Crippen LogP contribution in [0, 0.1) is 5.92 Å². The van der Waals surface area contributed by atoms with Gasteiger partial charge in [-0.1, -0.05) is 83.5 Å². The minimum absolute atomic E-state index is 0.0555. The number of carboxylic acid groups (broad SMARTS) is 1. The fourth-order valence-corrected chi connectivity index (χ4v) is 6.13. The number of benzene rings is 1. The molecule has 0 radical (unpaired) electrons. The molecule has 1 amide bonds. The number of rotatable bonds is 14. The molecule has 210 valence electrons. The fraction of sp³-hybridized carbons (Fsp3) is 0.455. The van der Waals surface area contributed by atoms with E-state index in [-0.39, 0.29) is 30.1 Å². The highest BCUT2D eigenvalue weighted by atomic mass is 32.2. The first-order valence-corrected chi connectivity index (χ1v) is 15.0. The number of alkyl carbamates (subject to hydrolysis) is 1. The number of carboxylic acids is 1. The van der Waals surface area contributed by atoms with Gasteiger partial charge in [0.15, 0.2) is 0 Å². The van der Waals surface area contributed by atoms with Crippen LogP contribution in [0.3, 0.4) is 0 Å². The number of thioether (sulfide) groups is 1. The van der Waals surface area contributed by atoms with Crippen LogP contribution in [0.15, 0.2) is 83.5 Å². The van der Waals surface area contributed by atoms with E-state index in [1.807, 2.05) is 18.2 Å². The van der Waals surface area contributed by atoms with E-state index in [0.717, 1.165) is 25.7 Å². The van der Waals surface area contributed by atoms with Crippen molar-refractivity contribution in [1.82, 2.24) is 5.32 Å². The zero-order valence-corrected chi connectivity index (χ0v) is 24.5. The summed E-state index contributed by atoms with van der Waals surface area (Å²) in [5.41, 5.74) is 6.53. The van der Waals surface area contributed by atoms with Gasteiger partial charge in [0, 0.05) is 23.3 Å². The van der Waals surface area contributed by atoms with Crippen molar-refractivity contribution in [3.8, 4) is 0 Å². The van der Waals surface area contributed by atoms with Crippen molar-refractivity contribution in [3.05, 3.63) is 94.6 Å². The Morgan fingerprint density at radius 3 is 2.36 bits per heavy atom. The van der Waals surface area contributed by atoms with Gasteiger partial charge in [0.25, 0.3) is 0 Å². The lowest BCUT2D eigenvalue weighted by Crippen LogP contribution is -2.43. The smallest absolute Gasteiger partial charge is 0.407 e. The van der Waals surface area contributed by atoms with E-state index in [4.69, 9.17) is 4.74 Å². The maximum Gasteiger partial charge on any atom is 0.407 e. The number of hydrogen-bond donors (Lipinski definition) is 2. The molecule has 4 unspecified atom stereocenters. The van der Waals surface area contributed by atoms with Gasteiger partial charge in [-0.15, -0.1) is 0 Å². The average molecular weight is 550 g/mol. The monoisotopic (exact) mass is 549 g/mol. The highest BCUT2D eigenvalue weighted by molar-refractivity contribution is 7.99. The highest BCUT2D eigenvalue weighted by Crippen LogP contribution is 2.49. The fourth-order valence-electron chi connectivity index (χ4n) is 5.13. The molecule has 39 heavy (non-hydrogen) atoms. The Balaban J connectivity index is 1.40. The lowest BCUT2D eigenvalue weighted by Gasteiger charge is -2.23. The summed E-state index contributed by atoms with van der Waals surface area (Å²) < 4.78 is 5.56. The van der Waals surface area contributed by atoms with Crippen LogP contribution in [-0.2, 0) is 9.53 Å². The minimum Gasteiger partial charge on any atom is -0.480 e. The summed E-state index contributed by atoms with van der Waals surface area (Å²) in [4.78, 5) is 24.3. The summed E-state index contributed by atoms with van der Waals surface area (Å²) in [6, 6.07) is 7.28. The van der Waals surface area contributed by atoms with E-state index < -0.39 is 18.1 Å². The first-order valence-electron chi connectivity index (χ1n) is 13.9. The summed E-state index contributed by atoms with van der Waals surface area (Å²) in [5, 5.41) is 12.2. The number of nitrogens with one attached hydrogen (secondary N) is 1. The second-order valence-electron chi connectivity index (χ2n) is 10.7. The molecule has 3 rings (SSSR count). The zero-order chi connectivity index (χ0) is 28.2. The van der Waals surface area contributed by atoms with E-state index >= 15 is 0 Å². The van der Waals surface area contributed by atoms with Gasteiger partial charge in [-0.2, -0.15) is 11.8 Å². The predicted octanol–water partition coefficient (Wildman–Crippen LogP) is 7.94. The number of amides is 1. The van der Waals surface area contributed by atoms with Gasteiger partial charge in [-0.3, -0.25) is 0 Å². The quantitative estimate of drug-likeness (QED) is 0.182. The summed E-state index contributed by atoms with van der Waals surface area (Å²) in [6.07, 6.45) is 18.7. The van der Waals surface area contributed by atoms with Crippen molar-refractivity contribution < 1.29 is 19.4 Å². The molecule has 0 saturated heterocycles. The van der Waals surface area contributed by atoms with E-state index in [9.17, 15) is 14.7 Å². The highest BCUT2D eigenvalue weighted by Gasteiger charge is 2.39. The third-order valence-corrected chi connectivity index (χ3v) is 8.31. The van der Waals surface area contributed by atoms with Crippen LogP contribution in [-0.4, -0.2) is 41.3 Å². The second kappa shape index (κ2) is 15.6. The molecule has 2 aliphatic rings. The topological polar surface area (TPSA) is 75.6 Å². The number of ether oxygens (including phenoxy) is 1.